The molecule has 412 valence electrons. The molecule has 1 saturated heterocycles. The molecule has 0 radical (unpaired) electrons. The van der Waals surface area contributed by atoms with Gasteiger partial charge in [-0.15, -0.1) is 0 Å². The minimum Gasteiger partial charge on any atom is -0.480 e. The number of aliphatic carboxylic acids is 1. The summed E-state index contributed by atoms with van der Waals surface area (Å²) in [4.78, 5) is 96.9. The van der Waals surface area contributed by atoms with Crippen LogP contribution in [0.4, 0.5) is 34.8 Å². The van der Waals surface area contributed by atoms with Crippen LogP contribution in [-0.4, -0.2) is 152 Å². The molecule has 0 aliphatic carbocycles. The van der Waals surface area contributed by atoms with Crippen molar-refractivity contribution in [3.8, 4) is 11.3 Å². The molecule has 79 heavy (non-hydrogen) atoms. The van der Waals surface area contributed by atoms with Gasteiger partial charge in [0.2, 0.25) is 23.7 Å². The highest BCUT2D eigenvalue weighted by atomic mass is 16.5. The Kier molecular flexibility index (Phi) is 20.9. The van der Waals surface area contributed by atoms with E-state index in [9.17, 15) is 29.1 Å². The van der Waals surface area contributed by atoms with Crippen LogP contribution in [0.25, 0.3) is 22.4 Å². The Hall–Kier alpha value is -9.26. The lowest BCUT2D eigenvalue weighted by molar-refractivity contribution is -0.139. The van der Waals surface area contributed by atoms with Crippen LogP contribution in [0.1, 0.15) is 58.7 Å². The molecule has 1 aliphatic heterocycles. The third-order valence-electron chi connectivity index (χ3n) is 12.3. The van der Waals surface area contributed by atoms with Gasteiger partial charge < -0.3 is 52.8 Å². The van der Waals surface area contributed by atoms with E-state index in [2.05, 4.69) is 71.3 Å². The number of carboxylic acids is 1. The number of rotatable bonds is 23. The number of carbonyl (C=O) groups excluding carboxylic acids is 4. The highest BCUT2D eigenvalue weighted by Gasteiger charge is 2.23. The number of nitrogens with zero attached hydrogens (tertiary/aromatic N) is 10. The topological polar surface area (TPSA) is 327 Å². The minimum absolute atomic E-state index is 0.00234. The fraction of sp³-hybridized carbons (Fsp3) is 0.309. The Morgan fingerprint density at radius 1 is 0.772 bits per heavy atom. The van der Waals surface area contributed by atoms with Gasteiger partial charge in [0.1, 0.15) is 6.04 Å². The average Bonchev–Trinajstić information content (AvgIpc) is 3.47. The molecule has 24 heteroatoms. The first-order valence-electron chi connectivity index (χ1n) is 25.7. The average molecular weight is 1080 g/mol. The fourth-order valence-corrected chi connectivity index (χ4v) is 8.21. The number of pyridine rings is 1. The van der Waals surface area contributed by atoms with E-state index >= 15 is 0 Å². The summed E-state index contributed by atoms with van der Waals surface area (Å²) in [6, 6.07) is 26.2. The number of ether oxygens (including phenoxy) is 1. The van der Waals surface area contributed by atoms with Crippen LogP contribution in [0.15, 0.2) is 116 Å². The highest BCUT2D eigenvalue weighted by Crippen LogP contribution is 2.23. The van der Waals surface area contributed by atoms with Crippen molar-refractivity contribution < 1.29 is 33.8 Å². The molecule has 0 spiro atoms. The molecule has 8 rings (SSSR count). The number of nitrogens with two attached hydrogens (primary N) is 2. The summed E-state index contributed by atoms with van der Waals surface area (Å²) < 4.78 is 5.26. The van der Waals surface area contributed by atoms with Crippen LogP contribution >= 0.6 is 0 Å². The SMILES string of the molecule is CCNC(=O)CC[C@@H](NC(=O)c1ccc(N(C)Cc2cnc3nc(N)nc(N)c3n2)cc1)C(=O)O.CCOCCNC(=O)CN1CCN(Cc2ccc(C(=O)Nc3cccc(Nc4nccc(-c5cccnc5)n4)c3)cc2)CC1. The maximum Gasteiger partial charge on any atom is 0.326 e. The van der Waals surface area contributed by atoms with Gasteiger partial charge in [-0.2, -0.15) is 9.97 Å². The molecule has 10 N–H and O–H groups in total. The van der Waals surface area contributed by atoms with E-state index in [0.29, 0.717) is 79.0 Å². The van der Waals surface area contributed by atoms with E-state index in [-0.39, 0.29) is 42.3 Å². The number of anilines is 6. The summed E-state index contributed by atoms with van der Waals surface area (Å²) >= 11 is 0. The molecule has 0 saturated carbocycles. The van der Waals surface area contributed by atoms with Crippen LogP contribution in [0.3, 0.4) is 0 Å². The van der Waals surface area contributed by atoms with Crippen LogP contribution in [0, 0.1) is 0 Å². The summed E-state index contributed by atoms with van der Waals surface area (Å²) in [7, 11) is 1.84. The van der Waals surface area contributed by atoms with Gasteiger partial charge in [0, 0.05) is 118 Å². The van der Waals surface area contributed by atoms with Crippen molar-refractivity contribution in [1.82, 2.24) is 60.6 Å². The second kappa shape index (κ2) is 28.8. The van der Waals surface area contributed by atoms with Gasteiger partial charge in [-0.05, 0) is 98.6 Å². The van der Waals surface area contributed by atoms with E-state index in [4.69, 9.17) is 16.2 Å². The number of carboxylic acid groups (broad SMARTS) is 1. The number of nitrogen functional groups attached to an aromatic ring is 2. The van der Waals surface area contributed by atoms with Gasteiger partial charge >= 0.3 is 5.97 Å². The van der Waals surface area contributed by atoms with Crippen LogP contribution in [0.5, 0.6) is 0 Å². The van der Waals surface area contributed by atoms with Gasteiger partial charge in [-0.1, -0.05) is 18.2 Å². The van der Waals surface area contributed by atoms with Gasteiger partial charge in [-0.25, -0.2) is 24.7 Å². The number of hydrogen-bond acceptors (Lipinski definition) is 19. The summed E-state index contributed by atoms with van der Waals surface area (Å²) in [5, 5.41) is 23.5. The van der Waals surface area contributed by atoms with Crippen molar-refractivity contribution in [3.05, 3.63) is 138 Å². The van der Waals surface area contributed by atoms with Crippen molar-refractivity contribution in [1.29, 1.82) is 0 Å². The second-order valence-electron chi connectivity index (χ2n) is 18.2. The zero-order valence-corrected chi connectivity index (χ0v) is 44.3. The number of carbonyl (C=O) groups is 5. The van der Waals surface area contributed by atoms with E-state index in [1.807, 2.05) is 85.6 Å². The Balaban J connectivity index is 0.000000235. The van der Waals surface area contributed by atoms with E-state index in [0.717, 1.165) is 60.9 Å². The third kappa shape index (κ3) is 17.6. The Morgan fingerprint density at radius 2 is 1.51 bits per heavy atom. The molecule has 4 aromatic heterocycles. The highest BCUT2D eigenvalue weighted by molar-refractivity contribution is 6.04. The molecular weight excluding hydrogens is 1010 g/mol. The van der Waals surface area contributed by atoms with Gasteiger partial charge in [0.15, 0.2) is 17.0 Å². The molecule has 1 atom stereocenters. The Morgan fingerprint density at radius 3 is 2.23 bits per heavy atom. The molecule has 0 bridgehead atoms. The molecule has 0 unspecified atom stereocenters. The summed E-state index contributed by atoms with van der Waals surface area (Å²) in [5.74, 6) is -1.55. The van der Waals surface area contributed by atoms with E-state index in [1.165, 1.54) is 0 Å². The quantitative estimate of drug-likeness (QED) is 0.0418. The lowest BCUT2D eigenvalue weighted by atomic mass is 10.1. The lowest BCUT2D eigenvalue weighted by Crippen LogP contribution is -2.49. The van der Waals surface area contributed by atoms with Crippen molar-refractivity contribution >= 4 is 75.5 Å². The molecule has 5 heterocycles. The van der Waals surface area contributed by atoms with Crippen LogP contribution in [0.2, 0.25) is 0 Å². The maximum atomic E-state index is 13.0. The summed E-state index contributed by atoms with van der Waals surface area (Å²) in [6.07, 6.45) is 6.73. The molecule has 4 amide bonds. The first-order valence-corrected chi connectivity index (χ1v) is 25.7. The number of aromatic nitrogens is 7. The zero-order chi connectivity index (χ0) is 56.1. The van der Waals surface area contributed by atoms with Crippen LogP contribution in [-0.2, 0) is 32.2 Å². The van der Waals surface area contributed by atoms with Crippen LogP contribution < -0.4 is 43.0 Å². The number of amides is 4. The first kappa shape index (κ1) is 57.4. The summed E-state index contributed by atoms with van der Waals surface area (Å²) in [6.45, 7) is 11.0. The number of piperazine rings is 1. The normalized spacial score (nSPS) is 12.8. The van der Waals surface area contributed by atoms with E-state index in [1.54, 1.807) is 56.0 Å². The lowest BCUT2D eigenvalue weighted by Gasteiger charge is -2.34. The van der Waals surface area contributed by atoms with Crippen molar-refractivity contribution in [2.45, 2.75) is 45.8 Å². The van der Waals surface area contributed by atoms with Gasteiger partial charge in [0.25, 0.3) is 11.8 Å². The fourth-order valence-electron chi connectivity index (χ4n) is 8.21. The van der Waals surface area contributed by atoms with Crippen molar-refractivity contribution in [3.63, 3.8) is 0 Å². The number of fused-ring (bicyclic) bond motifs is 1. The standard InChI is InChI=1S/C33H38N8O3.C22H27N9O4/c1-2-44-20-15-35-31(42)24-41-18-16-40(17-19-41)23-25-8-10-26(11-9-25)32(43)37-28-6-3-7-29(21-28)38-33-36-14-12-30(39-33)27-5-4-13-34-22-27;1-3-25-16(32)9-8-15(21(34)35)28-20(33)12-4-6-14(7-5-12)31(2)11-13-10-26-19-17(27-13)18(23)29-22(24)30-19/h3-14,21-22H,2,15-20,23-24H2,1H3,(H,35,42)(H,37,43)(H,36,38,39);4-7,10,15H,3,8-9,11H2,1-2H3,(H,25,32)(H,28,33)(H,34,35)(H4,23,24,26,29,30)/t;15-/m.1/s1. The predicted molar refractivity (Wildman–Crippen MR) is 300 cm³/mol. The largest absolute Gasteiger partial charge is 0.480 e. The zero-order valence-electron chi connectivity index (χ0n) is 44.3. The molecular formula is C55H65N17O7. The number of nitrogens with one attached hydrogen (secondary N) is 5. The molecule has 3 aromatic carbocycles. The third-order valence-corrected chi connectivity index (χ3v) is 12.3. The number of benzene rings is 3. The van der Waals surface area contributed by atoms with Crippen molar-refractivity contribution in [2.24, 2.45) is 0 Å². The first-order chi connectivity index (χ1) is 38.2. The van der Waals surface area contributed by atoms with Crippen molar-refractivity contribution in [2.75, 3.05) is 93.1 Å². The smallest absolute Gasteiger partial charge is 0.326 e. The molecule has 7 aromatic rings. The van der Waals surface area contributed by atoms with Gasteiger partial charge in [-0.3, -0.25) is 34.0 Å². The van der Waals surface area contributed by atoms with Gasteiger partial charge in [0.05, 0.1) is 37.3 Å². The number of hydrogen-bond donors (Lipinski definition) is 8. The molecule has 24 nitrogen and oxygen atoms in total. The molecule has 1 aliphatic rings. The Bertz CT molecular complexity index is 3160. The maximum absolute atomic E-state index is 13.0. The predicted octanol–water partition coefficient (Wildman–Crippen LogP) is 4.12. The second-order valence-corrected chi connectivity index (χ2v) is 18.2. The van der Waals surface area contributed by atoms with E-state index < -0.39 is 17.9 Å². The monoisotopic (exact) mass is 1080 g/mol. The molecule has 1 fully saturated rings. The summed E-state index contributed by atoms with van der Waals surface area (Å²) in [5.41, 5.74) is 18.6. The Labute approximate surface area is 456 Å². The minimum atomic E-state index is -1.20.